The van der Waals surface area contributed by atoms with E-state index in [1.807, 2.05) is 6.92 Å². The Labute approximate surface area is 190 Å². The fourth-order valence-electron chi connectivity index (χ4n) is 7.25. The van der Waals surface area contributed by atoms with Crippen molar-refractivity contribution in [3.05, 3.63) is 0 Å². The smallest absolute Gasteiger partial charge is 0.175 e. The van der Waals surface area contributed by atoms with Crippen molar-refractivity contribution in [3.8, 4) is 0 Å². The Kier molecular flexibility index (Phi) is 6.17. The predicted octanol–water partition coefficient (Wildman–Crippen LogP) is 1.89. The molecule has 0 bridgehead atoms. The van der Waals surface area contributed by atoms with Crippen LogP contribution in [0.4, 0.5) is 0 Å². The molecule has 5 rings (SSSR count). The maximum Gasteiger partial charge on any atom is 0.175 e. The van der Waals surface area contributed by atoms with E-state index in [9.17, 15) is 9.90 Å². The van der Waals surface area contributed by atoms with E-state index in [4.69, 9.17) is 25.8 Å². The van der Waals surface area contributed by atoms with Gasteiger partial charge in [0.05, 0.1) is 35.7 Å². The van der Waals surface area contributed by atoms with E-state index in [1.165, 1.54) is 32.1 Å². The van der Waals surface area contributed by atoms with Crippen LogP contribution in [0, 0.1) is 17.8 Å². The van der Waals surface area contributed by atoms with Crippen molar-refractivity contribution in [2.75, 3.05) is 20.8 Å². The molecule has 1 spiro atoms. The number of halogens is 1. The highest BCUT2D eigenvalue weighted by Crippen LogP contribution is 2.53. The fraction of sp³-hybridized carbons (Fsp3) is 0.957. The van der Waals surface area contributed by atoms with Gasteiger partial charge in [-0.3, -0.25) is 10.2 Å². The zero-order valence-corrected chi connectivity index (χ0v) is 19.6. The molecule has 2 heterocycles. The van der Waals surface area contributed by atoms with E-state index < -0.39 is 29.1 Å². The van der Waals surface area contributed by atoms with Crippen LogP contribution >= 0.6 is 11.6 Å². The summed E-state index contributed by atoms with van der Waals surface area (Å²) >= 11 is 6.75. The molecule has 176 valence electrons. The number of ketones is 1. The molecule has 2 saturated heterocycles. The first-order valence-corrected chi connectivity index (χ1v) is 12.5. The van der Waals surface area contributed by atoms with Crippen LogP contribution in [0.25, 0.3) is 0 Å². The molecule has 8 unspecified atom stereocenters. The molecule has 0 aromatic rings. The molecular weight excluding hydrogens is 420 g/mol. The summed E-state index contributed by atoms with van der Waals surface area (Å²) in [6.45, 7) is 2.80. The van der Waals surface area contributed by atoms with Crippen molar-refractivity contribution in [2.24, 2.45) is 17.8 Å². The Balaban J connectivity index is 1.41. The number of aliphatic hydroxyl groups is 1. The molecule has 0 aromatic heterocycles. The Morgan fingerprint density at radius 2 is 1.87 bits per heavy atom. The number of Topliss-reactive ketones (excluding diaryl/α,β-unsaturated/α-hetero) is 1. The third-order valence-electron chi connectivity index (χ3n) is 8.97. The largest absolute Gasteiger partial charge is 0.389 e. The van der Waals surface area contributed by atoms with E-state index in [1.54, 1.807) is 14.2 Å². The van der Waals surface area contributed by atoms with Crippen molar-refractivity contribution < 1.29 is 24.1 Å². The Hall–Kier alpha value is -0.280. The van der Waals surface area contributed by atoms with Gasteiger partial charge in [0.15, 0.2) is 11.4 Å². The number of hydrogen-bond donors (Lipinski definition) is 2. The van der Waals surface area contributed by atoms with Gasteiger partial charge in [0.1, 0.15) is 0 Å². The maximum absolute atomic E-state index is 13.9. The van der Waals surface area contributed by atoms with Crippen molar-refractivity contribution in [1.29, 1.82) is 0 Å². The van der Waals surface area contributed by atoms with E-state index >= 15 is 0 Å². The first-order chi connectivity index (χ1) is 14.9. The number of nitrogens with zero attached hydrogens (tertiary/aromatic N) is 1. The summed E-state index contributed by atoms with van der Waals surface area (Å²) in [4.78, 5) is 13.9. The number of alkyl halides is 1. The van der Waals surface area contributed by atoms with Crippen LogP contribution in [0.1, 0.15) is 51.9 Å². The zero-order chi connectivity index (χ0) is 21.9. The van der Waals surface area contributed by atoms with E-state index in [0.717, 1.165) is 13.0 Å². The minimum atomic E-state index is -1.21. The van der Waals surface area contributed by atoms with Crippen LogP contribution in [0.5, 0.6) is 0 Å². The lowest BCUT2D eigenvalue weighted by Gasteiger charge is -2.47. The van der Waals surface area contributed by atoms with Crippen LogP contribution in [0.15, 0.2) is 0 Å². The molecule has 7 nitrogen and oxygen atoms in total. The predicted molar refractivity (Wildman–Crippen MR) is 116 cm³/mol. The molecule has 2 aliphatic heterocycles. The van der Waals surface area contributed by atoms with Gasteiger partial charge in [0, 0.05) is 45.2 Å². The monoisotopic (exact) mass is 456 g/mol. The lowest BCUT2D eigenvalue weighted by Crippen LogP contribution is -2.63. The Morgan fingerprint density at radius 3 is 2.55 bits per heavy atom. The van der Waals surface area contributed by atoms with Crippen molar-refractivity contribution in [2.45, 2.75) is 99.3 Å². The van der Waals surface area contributed by atoms with Crippen molar-refractivity contribution >= 4 is 17.4 Å². The van der Waals surface area contributed by atoms with E-state index in [-0.39, 0.29) is 35.9 Å². The van der Waals surface area contributed by atoms with Crippen molar-refractivity contribution in [1.82, 2.24) is 10.4 Å². The summed E-state index contributed by atoms with van der Waals surface area (Å²) in [7, 11) is 3.26. The van der Waals surface area contributed by atoms with Gasteiger partial charge in [-0.15, -0.1) is 11.6 Å². The third kappa shape index (κ3) is 3.34. The number of hydrogen-bond acceptors (Lipinski definition) is 7. The molecule has 3 aliphatic carbocycles. The highest BCUT2D eigenvalue weighted by Gasteiger charge is 2.69. The minimum absolute atomic E-state index is 0.0286. The van der Waals surface area contributed by atoms with Crippen LogP contribution in [0.3, 0.4) is 0 Å². The average molecular weight is 457 g/mol. The summed E-state index contributed by atoms with van der Waals surface area (Å²) in [6, 6.07) is 0.696. The highest BCUT2D eigenvalue weighted by atomic mass is 35.5. The highest BCUT2D eigenvalue weighted by molar-refractivity contribution is 6.22. The minimum Gasteiger partial charge on any atom is -0.389 e. The summed E-state index contributed by atoms with van der Waals surface area (Å²) in [5.41, 5.74) is 2.47. The average Bonchev–Trinajstić information content (AvgIpc) is 3.34. The SMILES string of the molecule is COC1CC(OC)C2C(=O)[C@@]3(OC2C1Cl)C(O)C1CN(C2CCCCC2)NC1C[C@H]3C. The number of methoxy groups -OCH3 is 2. The molecule has 0 radical (unpaired) electrons. The third-order valence-corrected chi connectivity index (χ3v) is 9.50. The molecule has 5 fully saturated rings. The second-order valence-electron chi connectivity index (χ2n) is 10.4. The van der Waals surface area contributed by atoms with Crippen LogP contribution in [-0.2, 0) is 19.0 Å². The molecule has 10 atom stereocenters. The van der Waals surface area contributed by atoms with Crippen molar-refractivity contribution in [3.63, 3.8) is 0 Å². The molecule has 2 N–H and O–H groups in total. The Morgan fingerprint density at radius 1 is 1.16 bits per heavy atom. The first kappa shape index (κ1) is 22.5. The van der Waals surface area contributed by atoms with Gasteiger partial charge in [0.25, 0.3) is 0 Å². The lowest BCUT2D eigenvalue weighted by atomic mass is 9.64. The number of fused-ring (bicyclic) bond motifs is 2. The number of rotatable bonds is 3. The lowest BCUT2D eigenvalue weighted by molar-refractivity contribution is -0.191. The molecule has 3 saturated carbocycles. The second kappa shape index (κ2) is 8.49. The van der Waals surface area contributed by atoms with Crippen LogP contribution in [-0.4, -0.2) is 84.1 Å². The first-order valence-electron chi connectivity index (χ1n) is 12.0. The van der Waals surface area contributed by atoms with Gasteiger partial charge >= 0.3 is 0 Å². The van der Waals surface area contributed by atoms with Crippen LogP contribution < -0.4 is 5.43 Å². The summed E-state index contributed by atoms with van der Waals surface area (Å²) in [5, 5.41) is 13.6. The number of carbonyl (C=O) groups is 1. The summed E-state index contributed by atoms with van der Waals surface area (Å²) in [6.07, 6.45) is 5.69. The fourth-order valence-corrected chi connectivity index (χ4v) is 7.66. The quantitative estimate of drug-likeness (QED) is 0.627. The number of aliphatic hydroxyl groups excluding tert-OH is 1. The summed E-state index contributed by atoms with van der Waals surface area (Å²) in [5.74, 6) is -0.631. The normalized spacial score (nSPS) is 51.3. The molecule has 8 heteroatoms. The molecule has 0 amide bonds. The topological polar surface area (TPSA) is 80.3 Å². The maximum atomic E-state index is 13.9. The molecular formula is C23H37ClN2O5. The van der Waals surface area contributed by atoms with E-state index in [2.05, 4.69) is 10.4 Å². The van der Waals surface area contributed by atoms with Gasteiger partial charge in [-0.25, -0.2) is 5.01 Å². The standard InChI is InChI=1S/C23H37ClN2O5/c1-12-9-15-14(11-26(25-15)13-7-5-4-6-8-13)21(27)23(12)22(28)18-16(29-2)10-17(30-3)19(24)20(18)31-23/h12-21,25,27H,4-11H2,1-3H3/t12-,14?,15?,16?,17?,18?,19?,20?,21?,23+/m1/s1. The van der Waals surface area contributed by atoms with Gasteiger partial charge in [-0.2, -0.15) is 0 Å². The van der Waals surface area contributed by atoms with Gasteiger partial charge < -0.3 is 19.3 Å². The number of carbonyl (C=O) groups excluding carboxylic acids is 1. The molecule has 0 aromatic carbocycles. The second-order valence-corrected chi connectivity index (χ2v) is 10.9. The molecule has 31 heavy (non-hydrogen) atoms. The Bertz CT molecular complexity index is 691. The number of nitrogens with one attached hydrogen (secondary N) is 1. The molecule has 5 aliphatic rings. The van der Waals surface area contributed by atoms with E-state index in [0.29, 0.717) is 12.5 Å². The number of hydrazine groups is 1. The zero-order valence-electron chi connectivity index (χ0n) is 18.8. The van der Waals surface area contributed by atoms with Gasteiger partial charge in [-0.1, -0.05) is 26.2 Å². The number of ether oxygens (including phenoxy) is 3. The van der Waals surface area contributed by atoms with Gasteiger partial charge in [0.2, 0.25) is 0 Å². The van der Waals surface area contributed by atoms with Crippen LogP contribution in [0.2, 0.25) is 0 Å². The van der Waals surface area contributed by atoms with Gasteiger partial charge in [-0.05, 0) is 25.2 Å². The summed E-state index contributed by atoms with van der Waals surface area (Å²) < 4.78 is 17.8.